The second kappa shape index (κ2) is 12.3. The first-order valence-electron chi connectivity index (χ1n) is 11.6. The maximum atomic E-state index is 12.9. The van der Waals surface area contributed by atoms with Crippen LogP contribution in [0.2, 0.25) is 0 Å². The molecule has 0 aliphatic heterocycles. The Labute approximate surface area is 206 Å². The van der Waals surface area contributed by atoms with Gasteiger partial charge in [0.05, 0.1) is 4.90 Å². The Morgan fingerprint density at radius 3 is 2.37 bits per heavy atom. The minimum atomic E-state index is -3.71. The lowest BCUT2D eigenvalue weighted by molar-refractivity contribution is -0.117. The van der Waals surface area contributed by atoms with Gasteiger partial charge in [0.15, 0.2) is 0 Å². The molecule has 0 saturated carbocycles. The molecule has 3 aromatic carbocycles. The summed E-state index contributed by atoms with van der Waals surface area (Å²) in [6.45, 7) is 4.06. The zero-order valence-corrected chi connectivity index (χ0v) is 20.7. The lowest BCUT2D eigenvalue weighted by atomic mass is 10.1. The van der Waals surface area contributed by atoms with Crippen molar-refractivity contribution in [3.63, 3.8) is 0 Å². The maximum Gasteiger partial charge on any atom is 0.408 e. The molecule has 3 rings (SSSR count). The van der Waals surface area contributed by atoms with Crippen molar-refractivity contribution in [2.45, 2.75) is 50.7 Å². The van der Waals surface area contributed by atoms with Crippen LogP contribution in [-0.4, -0.2) is 33.0 Å². The highest BCUT2D eigenvalue weighted by atomic mass is 32.2. The number of fused-ring (bicyclic) bond motifs is 1. The van der Waals surface area contributed by atoms with Crippen molar-refractivity contribution in [2.75, 3.05) is 11.9 Å². The summed E-state index contributed by atoms with van der Waals surface area (Å²) in [5, 5.41) is 6.36. The predicted molar refractivity (Wildman–Crippen MR) is 137 cm³/mol. The molecule has 8 nitrogen and oxygen atoms in total. The second-order valence-electron chi connectivity index (χ2n) is 8.18. The fraction of sp³-hybridized carbons (Fsp3) is 0.308. The number of alkyl carbamates (subject to hydrolysis) is 1. The number of sulfonamides is 1. The van der Waals surface area contributed by atoms with Crippen LogP contribution in [0.3, 0.4) is 0 Å². The summed E-state index contributed by atoms with van der Waals surface area (Å²) >= 11 is 0. The van der Waals surface area contributed by atoms with Gasteiger partial charge in [-0.3, -0.25) is 4.79 Å². The average molecular weight is 498 g/mol. The third-order valence-corrected chi connectivity index (χ3v) is 6.96. The number of rotatable bonds is 11. The van der Waals surface area contributed by atoms with E-state index in [2.05, 4.69) is 22.3 Å². The van der Waals surface area contributed by atoms with Crippen LogP contribution in [-0.2, 0) is 26.2 Å². The Kier molecular flexibility index (Phi) is 9.22. The number of nitrogens with one attached hydrogen (secondary N) is 3. The van der Waals surface area contributed by atoms with Crippen LogP contribution >= 0.6 is 0 Å². The van der Waals surface area contributed by atoms with E-state index in [1.807, 2.05) is 30.3 Å². The minimum absolute atomic E-state index is 0.0913. The summed E-state index contributed by atoms with van der Waals surface area (Å²) in [4.78, 5) is 25.0. The van der Waals surface area contributed by atoms with Gasteiger partial charge in [0.25, 0.3) is 0 Å². The highest BCUT2D eigenvalue weighted by Crippen LogP contribution is 2.29. The lowest BCUT2D eigenvalue weighted by Crippen LogP contribution is -2.41. The summed E-state index contributed by atoms with van der Waals surface area (Å²) in [7, 11) is -3.71. The van der Waals surface area contributed by atoms with Crippen molar-refractivity contribution >= 4 is 38.5 Å². The third kappa shape index (κ3) is 7.27. The number of anilines is 1. The standard InChI is InChI=1S/C26H31N3O5S/c1-3-4-8-17-27-35(32,33)24-16-10-13-21-22(24)14-9-15-23(21)29-25(30)19(2)28-26(31)34-18-20-11-6-5-7-12-20/h5-7,9-16,19,27H,3-4,8,17-18H2,1-2H3,(H,28,31)(H,29,30)/t19-/m0/s1. The van der Waals surface area contributed by atoms with Gasteiger partial charge in [0.2, 0.25) is 15.9 Å². The maximum absolute atomic E-state index is 12.9. The van der Waals surface area contributed by atoms with Crippen LogP contribution in [0.25, 0.3) is 10.8 Å². The molecule has 0 aliphatic rings. The Bertz CT molecular complexity index is 1260. The first kappa shape index (κ1) is 26.2. The summed E-state index contributed by atoms with van der Waals surface area (Å²) < 4.78 is 33.6. The zero-order chi connectivity index (χ0) is 25.3. The summed E-state index contributed by atoms with van der Waals surface area (Å²) in [6, 6.07) is 18.3. The number of carbonyl (C=O) groups excluding carboxylic acids is 2. The number of hydrogen-bond acceptors (Lipinski definition) is 5. The van der Waals surface area contributed by atoms with E-state index in [9.17, 15) is 18.0 Å². The smallest absolute Gasteiger partial charge is 0.408 e. The molecule has 2 amide bonds. The molecular weight excluding hydrogens is 466 g/mol. The summed E-state index contributed by atoms with van der Waals surface area (Å²) in [5.74, 6) is -0.458. The normalized spacial score (nSPS) is 12.2. The molecule has 0 fully saturated rings. The van der Waals surface area contributed by atoms with Crippen LogP contribution in [0.1, 0.15) is 38.7 Å². The summed E-state index contributed by atoms with van der Waals surface area (Å²) in [5.41, 5.74) is 1.28. The van der Waals surface area contributed by atoms with Gasteiger partial charge in [0, 0.05) is 23.0 Å². The van der Waals surface area contributed by atoms with Gasteiger partial charge in [0.1, 0.15) is 12.6 Å². The van der Waals surface area contributed by atoms with Crippen molar-refractivity contribution < 1.29 is 22.7 Å². The fourth-order valence-electron chi connectivity index (χ4n) is 3.53. The average Bonchev–Trinajstić information content (AvgIpc) is 2.86. The van der Waals surface area contributed by atoms with Crippen LogP contribution in [0, 0.1) is 0 Å². The van der Waals surface area contributed by atoms with Crippen LogP contribution in [0.5, 0.6) is 0 Å². The van der Waals surface area contributed by atoms with E-state index in [0.717, 1.165) is 24.8 Å². The van der Waals surface area contributed by atoms with Gasteiger partial charge in [-0.2, -0.15) is 0 Å². The molecule has 3 aromatic rings. The Morgan fingerprint density at radius 2 is 1.63 bits per heavy atom. The molecular formula is C26H31N3O5S. The Balaban J connectivity index is 1.68. The summed E-state index contributed by atoms with van der Waals surface area (Å²) in [6.07, 6.45) is 2.00. The van der Waals surface area contributed by atoms with E-state index in [-0.39, 0.29) is 11.5 Å². The first-order valence-corrected chi connectivity index (χ1v) is 13.1. The molecule has 1 atom stereocenters. The van der Waals surface area contributed by atoms with E-state index in [1.54, 1.807) is 43.3 Å². The molecule has 0 radical (unpaired) electrons. The minimum Gasteiger partial charge on any atom is -0.445 e. The largest absolute Gasteiger partial charge is 0.445 e. The van der Waals surface area contributed by atoms with E-state index in [0.29, 0.717) is 23.0 Å². The van der Waals surface area contributed by atoms with E-state index in [4.69, 9.17) is 4.74 Å². The van der Waals surface area contributed by atoms with Crippen molar-refractivity contribution in [1.82, 2.24) is 10.0 Å². The van der Waals surface area contributed by atoms with Crippen molar-refractivity contribution in [2.24, 2.45) is 0 Å². The molecule has 0 spiro atoms. The monoisotopic (exact) mass is 497 g/mol. The number of carbonyl (C=O) groups is 2. The van der Waals surface area contributed by atoms with E-state index in [1.165, 1.54) is 0 Å². The third-order valence-electron chi connectivity index (χ3n) is 5.44. The van der Waals surface area contributed by atoms with Crippen LogP contribution < -0.4 is 15.4 Å². The van der Waals surface area contributed by atoms with Crippen molar-refractivity contribution in [3.05, 3.63) is 72.3 Å². The quantitative estimate of drug-likeness (QED) is 0.336. The molecule has 0 heterocycles. The first-order chi connectivity index (χ1) is 16.8. The highest BCUT2D eigenvalue weighted by Gasteiger charge is 2.20. The molecule has 3 N–H and O–H groups in total. The van der Waals surface area contributed by atoms with Gasteiger partial charge in [-0.15, -0.1) is 0 Å². The number of ether oxygens (including phenoxy) is 1. The van der Waals surface area contributed by atoms with E-state index < -0.39 is 28.1 Å². The molecule has 0 unspecified atom stereocenters. The zero-order valence-electron chi connectivity index (χ0n) is 19.9. The van der Waals surface area contributed by atoms with Gasteiger partial charge >= 0.3 is 6.09 Å². The molecule has 35 heavy (non-hydrogen) atoms. The predicted octanol–water partition coefficient (Wildman–Crippen LogP) is 4.56. The van der Waals surface area contributed by atoms with Gasteiger partial charge in [-0.25, -0.2) is 17.9 Å². The highest BCUT2D eigenvalue weighted by molar-refractivity contribution is 7.89. The number of hydrogen-bond donors (Lipinski definition) is 3. The SMILES string of the molecule is CCCCCNS(=O)(=O)c1cccc2c(NC(=O)[C@H](C)NC(=O)OCc3ccccc3)cccc12. The number of benzene rings is 3. The van der Waals surface area contributed by atoms with Gasteiger partial charge < -0.3 is 15.4 Å². The topological polar surface area (TPSA) is 114 Å². The molecule has 0 aromatic heterocycles. The van der Waals surface area contributed by atoms with Crippen molar-refractivity contribution in [3.8, 4) is 0 Å². The molecule has 0 bridgehead atoms. The second-order valence-corrected chi connectivity index (χ2v) is 9.91. The lowest BCUT2D eigenvalue weighted by Gasteiger charge is -2.16. The van der Waals surface area contributed by atoms with Crippen LogP contribution in [0.4, 0.5) is 10.5 Å². The van der Waals surface area contributed by atoms with Crippen molar-refractivity contribution in [1.29, 1.82) is 0 Å². The van der Waals surface area contributed by atoms with Gasteiger partial charge in [-0.05, 0) is 31.0 Å². The molecule has 9 heteroatoms. The molecule has 0 saturated heterocycles. The fourth-order valence-corrected chi connectivity index (χ4v) is 4.83. The Hall–Kier alpha value is -3.43. The Morgan fingerprint density at radius 1 is 0.914 bits per heavy atom. The molecule has 0 aliphatic carbocycles. The number of unbranched alkanes of at least 4 members (excludes halogenated alkanes) is 2. The number of amides is 2. The van der Waals surface area contributed by atoms with Crippen LogP contribution in [0.15, 0.2) is 71.6 Å². The van der Waals surface area contributed by atoms with Gasteiger partial charge in [-0.1, -0.05) is 74.4 Å². The molecule has 186 valence electrons. The van der Waals surface area contributed by atoms with E-state index >= 15 is 0 Å².